The highest BCUT2D eigenvalue weighted by Crippen LogP contribution is 2.25. The number of methoxy groups -OCH3 is 1. The molecule has 2 unspecified atom stereocenters. The molecule has 0 spiro atoms. The zero-order valence-corrected chi connectivity index (χ0v) is 12.4. The van der Waals surface area contributed by atoms with E-state index in [0.29, 0.717) is 5.56 Å². The van der Waals surface area contributed by atoms with Crippen LogP contribution >= 0.6 is 0 Å². The topological polar surface area (TPSA) is 84.9 Å². The van der Waals surface area contributed by atoms with Crippen molar-refractivity contribution in [3.05, 3.63) is 29.8 Å². The van der Waals surface area contributed by atoms with Crippen molar-refractivity contribution in [1.29, 1.82) is 0 Å². The molecule has 0 heterocycles. The first-order chi connectivity index (χ1) is 10.6. The summed E-state index contributed by atoms with van der Waals surface area (Å²) in [4.78, 5) is 22.7. The highest BCUT2D eigenvalue weighted by Gasteiger charge is 2.31. The van der Waals surface area contributed by atoms with Crippen LogP contribution in [0.3, 0.4) is 0 Å². The van der Waals surface area contributed by atoms with Gasteiger partial charge in [-0.3, -0.25) is 9.59 Å². The molecular formula is C14H16F3NO5. The van der Waals surface area contributed by atoms with E-state index in [9.17, 15) is 22.8 Å². The minimum atomic E-state index is -4.82. The smallest absolute Gasteiger partial charge is 0.481 e. The summed E-state index contributed by atoms with van der Waals surface area (Å²) in [6, 6.07) is 3.70. The largest absolute Gasteiger partial charge is 0.573 e. The standard InChI is InChI=1S/C14H16F3NO5/c1-8(22-2)13(21)18-11(7-12(19)20)9-3-5-10(6-4-9)23-14(15,16)17/h3-6,8,11H,7H2,1-2H3,(H,18,21)(H,19,20). The summed E-state index contributed by atoms with van der Waals surface area (Å²) >= 11 is 0. The predicted molar refractivity (Wildman–Crippen MR) is 72.7 cm³/mol. The van der Waals surface area contributed by atoms with Crippen LogP contribution in [0.1, 0.15) is 24.9 Å². The zero-order valence-electron chi connectivity index (χ0n) is 12.4. The van der Waals surface area contributed by atoms with Gasteiger partial charge in [0.05, 0.1) is 12.5 Å². The number of rotatable bonds is 7. The molecular weight excluding hydrogens is 319 g/mol. The molecule has 0 bridgehead atoms. The second kappa shape index (κ2) is 7.82. The maximum atomic E-state index is 12.1. The molecule has 1 aromatic rings. The fraction of sp³-hybridized carbons (Fsp3) is 0.429. The Morgan fingerprint density at radius 1 is 1.26 bits per heavy atom. The molecule has 0 aliphatic carbocycles. The minimum absolute atomic E-state index is 0.332. The summed E-state index contributed by atoms with van der Waals surface area (Å²) in [5.74, 6) is -2.14. The third-order valence-electron chi connectivity index (χ3n) is 2.93. The van der Waals surface area contributed by atoms with Crippen molar-refractivity contribution in [2.24, 2.45) is 0 Å². The van der Waals surface area contributed by atoms with Crippen molar-refractivity contribution in [3.8, 4) is 5.75 Å². The Labute approximate surface area is 130 Å². The van der Waals surface area contributed by atoms with Crippen LogP contribution in [0, 0.1) is 0 Å². The molecule has 1 aromatic carbocycles. The quantitative estimate of drug-likeness (QED) is 0.798. The van der Waals surface area contributed by atoms with Gasteiger partial charge in [-0.25, -0.2) is 0 Å². The van der Waals surface area contributed by atoms with E-state index in [4.69, 9.17) is 9.84 Å². The Hall–Kier alpha value is -2.29. The lowest BCUT2D eigenvalue weighted by Gasteiger charge is -2.20. The number of halogens is 3. The minimum Gasteiger partial charge on any atom is -0.481 e. The number of carbonyl (C=O) groups excluding carboxylic acids is 1. The molecule has 1 rings (SSSR count). The van der Waals surface area contributed by atoms with E-state index in [0.717, 1.165) is 12.1 Å². The number of aliphatic carboxylic acids is 1. The molecule has 2 N–H and O–H groups in total. The third-order valence-corrected chi connectivity index (χ3v) is 2.93. The molecule has 9 heteroatoms. The Kier molecular flexibility index (Phi) is 6.38. The fourth-order valence-electron chi connectivity index (χ4n) is 1.72. The van der Waals surface area contributed by atoms with Crippen LogP contribution in [0.5, 0.6) is 5.75 Å². The van der Waals surface area contributed by atoms with Crippen LogP contribution in [0.15, 0.2) is 24.3 Å². The van der Waals surface area contributed by atoms with E-state index in [1.165, 1.54) is 26.2 Å². The van der Waals surface area contributed by atoms with E-state index >= 15 is 0 Å². The lowest BCUT2D eigenvalue weighted by molar-refractivity contribution is -0.274. The predicted octanol–water partition coefficient (Wildman–Crippen LogP) is 2.25. The zero-order chi connectivity index (χ0) is 17.6. The van der Waals surface area contributed by atoms with Gasteiger partial charge in [0, 0.05) is 7.11 Å². The molecule has 23 heavy (non-hydrogen) atoms. The highest BCUT2D eigenvalue weighted by atomic mass is 19.4. The van der Waals surface area contributed by atoms with Gasteiger partial charge in [-0.1, -0.05) is 12.1 Å². The SMILES string of the molecule is COC(C)C(=O)NC(CC(=O)O)c1ccc(OC(F)(F)F)cc1. The summed E-state index contributed by atoms with van der Waals surface area (Å²) in [5.41, 5.74) is 0.332. The van der Waals surface area contributed by atoms with Crippen molar-refractivity contribution in [3.63, 3.8) is 0 Å². The van der Waals surface area contributed by atoms with Gasteiger partial charge in [0.25, 0.3) is 0 Å². The third kappa shape index (κ3) is 6.55. The average molecular weight is 335 g/mol. The maximum absolute atomic E-state index is 12.1. The first kappa shape index (κ1) is 18.8. The molecule has 128 valence electrons. The van der Waals surface area contributed by atoms with Gasteiger partial charge < -0.3 is 19.9 Å². The molecule has 0 aromatic heterocycles. The van der Waals surface area contributed by atoms with E-state index in [1.807, 2.05) is 0 Å². The van der Waals surface area contributed by atoms with E-state index in [-0.39, 0.29) is 0 Å². The number of nitrogens with one attached hydrogen (secondary N) is 1. The second-order valence-electron chi connectivity index (χ2n) is 4.65. The lowest BCUT2D eigenvalue weighted by Crippen LogP contribution is -2.37. The molecule has 0 fully saturated rings. The molecule has 0 aliphatic heterocycles. The Balaban J connectivity index is 2.90. The second-order valence-corrected chi connectivity index (χ2v) is 4.65. The van der Waals surface area contributed by atoms with Gasteiger partial charge in [0.1, 0.15) is 11.9 Å². The van der Waals surface area contributed by atoms with E-state index in [1.54, 1.807) is 0 Å². The van der Waals surface area contributed by atoms with Gasteiger partial charge in [-0.05, 0) is 24.6 Å². The summed E-state index contributed by atoms with van der Waals surface area (Å²) in [5, 5.41) is 11.4. The van der Waals surface area contributed by atoms with Gasteiger partial charge in [-0.15, -0.1) is 13.2 Å². The van der Waals surface area contributed by atoms with E-state index in [2.05, 4.69) is 10.1 Å². The molecule has 6 nitrogen and oxygen atoms in total. The molecule has 1 amide bonds. The van der Waals surface area contributed by atoms with Crippen molar-refractivity contribution in [1.82, 2.24) is 5.32 Å². The van der Waals surface area contributed by atoms with Gasteiger partial charge in [0.2, 0.25) is 5.91 Å². The number of benzene rings is 1. The molecule has 0 saturated heterocycles. The van der Waals surface area contributed by atoms with Crippen LogP contribution in [0.25, 0.3) is 0 Å². The molecule has 2 atom stereocenters. The Bertz CT molecular complexity index is 544. The van der Waals surface area contributed by atoms with Crippen LogP contribution in [0.4, 0.5) is 13.2 Å². The average Bonchev–Trinajstić information content (AvgIpc) is 2.44. The summed E-state index contributed by atoms with van der Waals surface area (Å²) in [7, 11) is 1.32. The van der Waals surface area contributed by atoms with E-state index < -0.39 is 42.6 Å². The number of carboxylic acids is 1. The van der Waals surface area contributed by atoms with Crippen molar-refractivity contribution in [2.75, 3.05) is 7.11 Å². The van der Waals surface area contributed by atoms with Crippen molar-refractivity contribution >= 4 is 11.9 Å². The van der Waals surface area contributed by atoms with Crippen molar-refractivity contribution in [2.45, 2.75) is 31.9 Å². The summed E-state index contributed by atoms with van der Waals surface area (Å²) in [6.07, 6.45) is -6.04. The Morgan fingerprint density at radius 2 is 1.83 bits per heavy atom. The lowest BCUT2D eigenvalue weighted by atomic mass is 10.0. The molecule has 0 radical (unpaired) electrons. The highest BCUT2D eigenvalue weighted by molar-refractivity contribution is 5.81. The summed E-state index contributed by atoms with van der Waals surface area (Å²) < 4.78 is 44.9. The fourth-order valence-corrected chi connectivity index (χ4v) is 1.72. The van der Waals surface area contributed by atoms with Gasteiger partial charge in [-0.2, -0.15) is 0 Å². The normalized spacial score (nSPS) is 14.0. The number of carbonyl (C=O) groups is 2. The van der Waals surface area contributed by atoms with Gasteiger partial charge in [0.15, 0.2) is 0 Å². The summed E-state index contributed by atoms with van der Waals surface area (Å²) in [6.45, 7) is 1.48. The number of hydrogen-bond donors (Lipinski definition) is 2. The molecule has 0 aliphatic rings. The number of hydrogen-bond acceptors (Lipinski definition) is 4. The first-order valence-electron chi connectivity index (χ1n) is 6.53. The first-order valence-corrected chi connectivity index (χ1v) is 6.53. The number of ether oxygens (including phenoxy) is 2. The van der Waals surface area contributed by atoms with Crippen LogP contribution < -0.4 is 10.1 Å². The van der Waals surface area contributed by atoms with Crippen LogP contribution in [-0.4, -0.2) is 36.6 Å². The number of amides is 1. The number of alkyl halides is 3. The van der Waals surface area contributed by atoms with Gasteiger partial charge >= 0.3 is 12.3 Å². The van der Waals surface area contributed by atoms with Crippen molar-refractivity contribution < 1.29 is 37.3 Å². The van der Waals surface area contributed by atoms with Crippen LogP contribution in [-0.2, 0) is 14.3 Å². The number of carboxylic acid groups (broad SMARTS) is 1. The maximum Gasteiger partial charge on any atom is 0.573 e. The monoisotopic (exact) mass is 335 g/mol. The Morgan fingerprint density at radius 3 is 2.26 bits per heavy atom. The molecule has 0 saturated carbocycles. The van der Waals surface area contributed by atoms with Crippen LogP contribution in [0.2, 0.25) is 0 Å².